The molecule has 2 aliphatic rings. The number of ether oxygens (including phenoxy) is 1. The van der Waals surface area contributed by atoms with Gasteiger partial charge in [0.1, 0.15) is 17.2 Å². The second kappa shape index (κ2) is 8.14. The Morgan fingerprint density at radius 1 is 1.30 bits per heavy atom. The minimum Gasteiger partial charge on any atom is -0.502 e. The Balaban J connectivity index is 1.76. The average molecular weight is 462 g/mol. The molecule has 1 atom stereocenters. The Labute approximate surface area is 188 Å². The van der Waals surface area contributed by atoms with E-state index in [-0.39, 0.29) is 30.5 Å². The van der Waals surface area contributed by atoms with E-state index in [4.69, 9.17) is 4.74 Å². The van der Waals surface area contributed by atoms with Crippen molar-refractivity contribution < 1.29 is 28.2 Å². The summed E-state index contributed by atoms with van der Waals surface area (Å²) >= 11 is 0. The molecule has 1 fully saturated rings. The van der Waals surface area contributed by atoms with Gasteiger partial charge < -0.3 is 20.1 Å². The maximum atomic E-state index is 13.9. The van der Waals surface area contributed by atoms with Gasteiger partial charge in [0, 0.05) is 43.9 Å². The Morgan fingerprint density at radius 3 is 2.64 bits per heavy atom. The number of nitrogens with one attached hydrogen (secondary N) is 1. The number of halogens is 2. The zero-order chi connectivity index (χ0) is 24.1. The molecule has 1 spiro atoms. The van der Waals surface area contributed by atoms with Gasteiger partial charge in [0.15, 0.2) is 17.1 Å². The van der Waals surface area contributed by atoms with Crippen LogP contribution in [0.2, 0.25) is 0 Å². The van der Waals surface area contributed by atoms with Gasteiger partial charge in [-0.15, -0.1) is 0 Å². The number of pyridine rings is 1. The summed E-state index contributed by atoms with van der Waals surface area (Å²) in [4.78, 5) is 40.2. The zero-order valence-corrected chi connectivity index (χ0v) is 18.4. The molecule has 4 rings (SSSR count). The Hall–Kier alpha value is -3.47. The lowest BCUT2D eigenvalue weighted by molar-refractivity contribution is 0.0267. The Bertz CT molecular complexity index is 1190. The van der Waals surface area contributed by atoms with Crippen molar-refractivity contribution >= 4 is 11.8 Å². The topological polar surface area (TPSA) is 104 Å². The van der Waals surface area contributed by atoms with Crippen LogP contribution in [0.3, 0.4) is 0 Å². The quantitative estimate of drug-likeness (QED) is 0.710. The summed E-state index contributed by atoms with van der Waals surface area (Å²) in [5.74, 6) is -3.91. The third kappa shape index (κ3) is 3.52. The summed E-state index contributed by atoms with van der Waals surface area (Å²) in [7, 11) is 1.58. The molecule has 3 heterocycles. The first-order valence-corrected chi connectivity index (χ1v) is 10.4. The number of carbonyl (C=O) groups is 2. The summed E-state index contributed by atoms with van der Waals surface area (Å²) in [6.07, 6.45) is 1.70. The van der Waals surface area contributed by atoms with Gasteiger partial charge in [-0.2, -0.15) is 0 Å². The normalized spacial score (nSPS) is 20.0. The van der Waals surface area contributed by atoms with Crippen molar-refractivity contribution in [2.24, 2.45) is 0 Å². The SMILES string of the molecule is CC(C)N1n2cc(C(=O)NCc3ccc(F)cc3F)c(=O)c(O)c2C(=O)N(C)C12CCOC2. The summed E-state index contributed by atoms with van der Waals surface area (Å²) < 4.78 is 33.9. The van der Waals surface area contributed by atoms with Crippen LogP contribution in [0.1, 0.15) is 46.7 Å². The van der Waals surface area contributed by atoms with Crippen molar-refractivity contribution in [1.29, 1.82) is 0 Å². The molecular formula is C22H24F2N4O5. The third-order valence-corrected chi connectivity index (χ3v) is 6.12. The molecule has 2 amide bonds. The zero-order valence-electron chi connectivity index (χ0n) is 18.4. The molecule has 1 aromatic carbocycles. The summed E-state index contributed by atoms with van der Waals surface area (Å²) in [5.41, 5.74) is -2.53. The molecule has 2 aliphatic heterocycles. The van der Waals surface area contributed by atoms with Crippen LogP contribution in [0.5, 0.6) is 5.75 Å². The third-order valence-electron chi connectivity index (χ3n) is 6.12. The van der Waals surface area contributed by atoms with Crippen LogP contribution < -0.4 is 15.8 Å². The van der Waals surface area contributed by atoms with Gasteiger partial charge in [-0.25, -0.2) is 8.78 Å². The van der Waals surface area contributed by atoms with Gasteiger partial charge in [0.2, 0.25) is 5.43 Å². The number of likely N-dealkylation sites (N-methyl/N-ethyl adjacent to an activating group) is 1. The average Bonchev–Trinajstić information content (AvgIpc) is 3.23. The highest BCUT2D eigenvalue weighted by Crippen LogP contribution is 2.36. The highest BCUT2D eigenvalue weighted by atomic mass is 19.1. The molecule has 1 saturated heterocycles. The van der Waals surface area contributed by atoms with Crippen LogP contribution in [0.15, 0.2) is 29.2 Å². The molecule has 0 aliphatic carbocycles. The van der Waals surface area contributed by atoms with Crippen molar-refractivity contribution in [1.82, 2.24) is 14.9 Å². The molecule has 0 radical (unpaired) electrons. The lowest BCUT2D eigenvalue weighted by atomic mass is 10.0. The van der Waals surface area contributed by atoms with E-state index in [0.717, 1.165) is 6.07 Å². The van der Waals surface area contributed by atoms with Crippen molar-refractivity contribution in [2.45, 2.75) is 38.5 Å². The second-order valence-electron chi connectivity index (χ2n) is 8.42. The molecule has 2 N–H and O–H groups in total. The van der Waals surface area contributed by atoms with Gasteiger partial charge >= 0.3 is 0 Å². The maximum absolute atomic E-state index is 13.9. The summed E-state index contributed by atoms with van der Waals surface area (Å²) in [6.45, 7) is 4.07. The first kappa shape index (κ1) is 22.7. The number of nitrogens with zero attached hydrogens (tertiary/aromatic N) is 3. The maximum Gasteiger partial charge on any atom is 0.278 e. The molecule has 1 unspecified atom stereocenters. The van der Waals surface area contributed by atoms with Gasteiger partial charge in [0.05, 0.1) is 13.2 Å². The molecule has 33 heavy (non-hydrogen) atoms. The highest BCUT2D eigenvalue weighted by Gasteiger charge is 2.53. The van der Waals surface area contributed by atoms with Crippen LogP contribution in [0.4, 0.5) is 8.78 Å². The fourth-order valence-electron chi connectivity index (χ4n) is 4.48. The van der Waals surface area contributed by atoms with Crippen molar-refractivity contribution in [3.8, 4) is 5.75 Å². The number of aromatic nitrogens is 1. The number of amides is 2. The second-order valence-corrected chi connectivity index (χ2v) is 8.42. The highest BCUT2D eigenvalue weighted by molar-refractivity contribution is 5.99. The van der Waals surface area contributed by atoms with Crippen LogP contribution in [-0.4, -0.2) is 58.5 Å². The predicted octanol–water partition coefficient (Wildman–Crippen LogP) is 1.31. The predicted molar refractivity (Wildman–Crippen MR) is 114 cm³/mol. The number of aromatic hydroxyl groups is 1. The van der Waals surface area contributed by atoms with E-state index in [0.29, 0.717) is 19.1 Å². The molecule has 1 aromatic heterocycles. The van der Waals surface area contributed by atoms with E-state index < -0.39 is 45.9 Å². The van der Waals surface area contributed by atoms with Gasteiger partial charge in [-0.1, -0.05) is 6.07 Å². The molecule has 9 nitrogen and oxygen atoms in total. The van der Waals surface area contributed by atoms with Crippen LogP contribution in [0, 0.1) is 11.6 Å². The van der Waals surface area contributed by atoms with Crippen LogP contribution in [0.25, 0.3) is 0 Å². The van der Waals surface area contributed by atoms with Crippen molar-refractivity contribution in [2.75, 3.05) is 25.3 Å². The molecular weight excluding hydrogens is 438 g/mol. The van der Waals surface area contributed by atoms with Gasteiger partial charge in [0.25, 0.3) is 11.8 Å². The molecule has 2 aromatic rings. The van der Waals surface area contributed by atoms with Crippen LogP contribution in [-0.2, 0) is 11.3 Å². The number of hydrogen-bond donors (Lipinski definition) is 2. The largest absolute Gasteiger partial charge is 0.502 e. The van der Waals surface area contributed by atoms with E-state index >= 15 is 0 Å². The lowest BCUT2D eigenvalue weighted by Crippen LogP contribution is -2.71. The van der Waals surface area contributed by atoms with Crippen molar-refractivity contribution in [3.63, 3.8) is 0 Å². The molecule has 0 bridgehead atoms. The Morgan fingerprint density at radius 2 is 2.03 bits per heavy atom. The van der Waals surface area contributed by atoms with E-state index in [9.17, 15) is 28.3 Å². The van der Waals surface area contributed by atoms with Gasteiger partial charge in [-0.05, 0) is 19.9 Å². The molecule has 176 valence electrons. The number of benzene rings is 1. The first-order valence-electron chi connectivity index (χ1n) is 10.4. The molecule has 11 heteroatoms. The fourth-order valence-corrected chi connectivity index (χ4v) is 4.48. The smallest absolute Gasteiger partial charge is 0.278 e. The van der Waals surface area contributed by atoms with E-state index in [2.05, 4.69) is 5.32 Å². The summed E-state index contributed by atoms with van der Waals surface area (Å²) in [5, 5.41) is 14.8. The minimum absolute atomic E-state index is 0.0229. The van der Waals surface area contributed by atoms with Crippen LogP contribution >= 0.6 is 0 Å². The molecule has 0 saturated carbocycles. The number of carbonyl (C=O) groups excluding carboxylic acids is 2. The van der Waals surface area contributed by atoms with Gasteiger partial charge in [-0.3, -0.25) is 24.1 Å². The number of rotatable bonds is 4. The fraction of sp³-hybridized carbons (Fsp3) is 0.409. The first-order chi connectivity index (χ1) is 15.6. The number of fused-ring (bicyclic) bond motifs is 1. The van der Waals surface area contributed by atoms with E-state index in [1.807, 2.05) is 13.8 Å². The summed E-state index contributed by atoms with van der Waals surface area (Å²) in [6, 6.07) is 2.72. The number of hydrogen-bond acceptors (Lipinski definition) is 6. The van der Waals surface area contributed by atoms with E-state index in [1.54, 1.807) is 12.1 Å². The Kier molecular flexibility index (Phi) is 5.61. The van der Waals surface area contributed by atoms with Crippen molar-refractivity contribution in [3.05, 3.63) is 63.1 Å². The monoisotopic (exact) mass is 462 g/mol. The standard InChI is InChI=1S/C22H24F2N4O5/c1-12(2)28-22(6-7-33-11-22)26(3)21(32)17-19(30)18(29)15(10-27(17)28)20(31)25-9-13-4-5-14(23)8-16(13)24/h4-5,8,10,12,30H,6-7,9,11H2,1-3H3,(H,25,31). The lowest BCUT2D eigenvalue weighted by Gasteiger charge is -2.53. The minimum atomic E-state index is -1.03. The van der Waals surface area contributed by atoms with E-state index in [1.165, 1.54) is 21.8 Å².